The van der Waals surface area contributed by atoms with Crippen molar-refractivity contribution in [2.75, 3.05) is 0 Å². The van der Waals surface area contributed by atoms with Crippen molar-refractivity contribution in [2.24, 2.45) is 5.73 Å². The molecule has 0 fully saturated rings. The van der Waals surface area contributed by atoms with Crippen molar-refractivity contribution in [1.82, 2.24) is 0 Å². The third kappa shape index (κ3) is 2.34. The molecular formula is C11H19NO. The number of furan rings is 1. The van der Waals surface area contributed by atoms with Crippen LogP contribution in [0.15, 0.2) is 16.5 Å². The molecule has 0 saturated carbocycles. The fourth-order valence-electron chi connectivity index (χ4n) is 1.52. The van der Waals surface area contributed by atoms with Gasteiger partial charge in [-0.1, -0.05) is 13.8 Å². The quantitative estimate of drug-likeness (QED) is 0.774. The van der Waals surface area contributed by atoms with Gasteiger partial charge in [0.1, 0.15) is 11.5 Å². The van der Waals surface area contributed by atoms with Crippen molar-refractivity contribution >= 4 is 0 Å². The first-order valence-electron chi connectivity index (χ1n) is 5.04. The highest BCUT2D eigenvalue weighted by molar-refractivity contribution is 5.13. The Balaban J connectivity index is 2.78. The first kappa shape index (κ1) is 10.3. The van der Waals surface area contributed by atoms with Crippen molar-refractivity contribution in [3.05, 3.63) is 23.7 Å². The Labute approximate surface area is 80.1 Å². The minimum atomic E-state index is 0.00288. The Bertz CT molecular complexity index is 248. The first-order chi connectivity index (χ1) is 6.19. The van der Waals surface area contributed by atoms with E-state index in [9.17, 15) is 0 Å². The normalized spacial score (nSPS) is 13.6. The Kier molecular flexibility index (Phi) is 3.55. The largest absolute Gasteiger partial charge is 0.464 e. The zero-order valence-electron chi connectivity index (χ0n) is 8.71. The number of hydrogen-bond acceptors (Lipinski definition) is 2. The molecule has 1 rings (SSSR count). The summed E-state index contributed by atoms with van der Waals surface area (Å²) < 4.78 is 5.66. The van der Waals surface area contributed by atoms with Gasteiger partial charge in [-0.05, 0) is 31.9 Å². The van der Waals surface area contributed by atoms with Crippen LogP contribution >= 0.6 is 0 Å². The smallest absolute Gasteiger partial charge is 0.120 e. The molecule has 1 aromatic heterocycles. The van der Waals surface area contributed by atoms with Crippen LogP contribution in [0.25, 0.3) is 0 Å². The van der Waals surface area contributed by atoms with Gasteiger partial charge in [0, 0.05) is 5.92 Å². The summed E-state index contributed by atoms with van der Waals surface area (Å²) in [5, 5.41) is 0. The van der Waals surface area contributed by atoms with Crippen LogP contribution < -0.4 is 5.73 Å². The first-order valence-corrected chi connectivity index (χ1v) is 5.04. The zero-order chi connectivity index (χ0) is 9.84. The summed E-state index contributed by atoms with van der Waals surface area (Å²) in [6.45, 7) is 6.31. The molecule has 0 aromatic carbocycles. The van der Waals surface area contributed by atoms with Gasteiger partial charge in [-0.15, -0.1) is 0 Å². The summed E-state index contributed by atoms with van der Waals surface area (Å²) in [6, 6.07) is 4.04. The average molecular weight is 181 g/mol. The van der Waals surface area contributed by atoms with E-state index < -0.39 is 0 Å². The summed E-state index contributed by atoms with van der Waals surface area (Å²) in [6.07, 6.45) is 2.25. The lowest BCUT2D eigenvalue weighted by atomic mass is 10.0. The van der Waals surface area contributed by atoms with Crippen molar-refractivity contribution in [3.8, 4) is 0 Å². The summed E-state index contributed by atoms with van der Waals surface area (Å²) in [5.41, 5.74) is 5.72. The monoisotopic (exact) mass is 181 g/mol. The van der Waals surface area contributed by atoms with Crippen LogP contribution in [0.1, 0.15) is 57.1 Å². The van der Waals surface area contributed by atoms with E-state index in [-0.39, 0.29) is 6.04 Å². The number of rotatable bonds is 4. The van der Waals surface area contributed by atoms with Gasteiger partial charge in [0.25, 0.3) is 0 Å². The molecule has 0 bridgehead atoms. The van der Waals surface area contributed by atoms with E-state index in [1.807, 2.05) is 13.0 Å². The summed E-state index contributed by atoms with van der Waals surface area (Å²) in [7, 11) is 0. The van der Waals surface area contributed by atoms with Crippen molar-refractivity contribution in [2.45, 2.75) is 45.6 Å². The van der Waals surface area contributed by atoms with Crippen LogP contribution in [-0.4, -0.2) is 0 Å². The molecule has 0 amide bonds. The van der Waals surface area contributed by atoms with E-state index in [0.29, 0.717) is 5.92 Å². The highest BCUT2D eigenvalue weighted by atomic mass is 16.3. The van der Waals surface area contributed by atoms with Crippen LogP contribution in [0.4, 0.5) is 0 Å². The molecule has 0 spiro atoms. The van der Waals surface area contributed by atoms with Crippen LogP contribution in [0.3, 0.4) is 0 Å². The van der Waals surface area contributed by atoms with Gasteiger partial charge in [-0.3, -0.25) is 0 Å². The summed E-state index contributed by atoms with van der Waals surface area (Å²) in [4.78, 5) is 0. The molecule has 0 saturated heterocycles. The van der Waals surface area contributed by atoms with Crippen LogP contribution in [0, 0.1) is 0 Å². The average Bonchev–Trinajstić information content (AvgIpc) is 2.56. The molecule has 1 aromatic rings. The molecule has 1 heterocycles. The van der Waals surface area contributed by atoms with E-state index in [1.165, 1.54) is 0 Å². The van der Waals surface area contributed by atoms with Gasteiger partial charge in [-0.2, -0.15) is 0 Å². The predicted molar refractivity (Wildman–Crippen MR) is 54.6 cm³/mol. The molecule has 1 unspecified atom stereocenters. The van der Waals surface area contributed by atoms with Crippen molar-refractivity contribution < 1.29 is 4.42 Å². The molecule has 1 atom stereocenters. The number of hydrogen-bond donors (Lipinski definition) is 1. The second-order valence-electron chi connectivity index (χ2n) is 3.54. The molecule has 2 heteroatoms. The third-order valence-electron chi connectivity index (χ3n) is 2.48. The van der Waals surface area contributed by atoms with E-state index in [0.717, 1.165) is 24.4 Å². The predicted octanol–water partition coefficient (Wildman–Crippen LogP) is 3.20. The highest BCUT2D eigenvalue weighted by Crippen LogP contribution is 2.26. The molecule has 0 aliphatic carbocycles. The topological polar surface area (TPSA) is 39.2 Å². The lowest BCUT2D eigenvalue weighted by molar-refractivity contribution is 0.403. The maximum atomic E-state index is 5.72. The SMILES string of the molecule is CCC(CC)c1ccc(C(C)N)o1. The molecule has 2 N–H and O–H groups in total. The van der Waals surface area contributed by atoms with Gasteiger partial charge in [0.15, 0.2) is 0 Å². The third-order valence-corrected chi connectivity index (χ3v) is 2.48. The molecule has 74 valence electrons. The molecule has 2 nitrogen and oxygen atoms in total. The lowest BCUT2D eigenvalue weighted by Crippen LogP contribution is -2.03. The van der Waals surface area contributed by atoms with Crippen molar-refractivity contribution in [3.63, 3.8) is 0 Å². The molecular weight excluding hydrogens is 162 g/mol. The van der Waals surface area contributed by atoms with Gasteiger partial charge < -0.3 is 10.2 Å². The Morgan fingerprint density at radius 2 is 1.77 bits per heavy atom. The zero-order valence-corrected chi connectivity index (χ0v) is 8.71. The van der Waals surface area contributed by atoms with Gasteiger partial charge in [-0.25, -0.2) is 0 Å². The Hall–Kier alpha value is -0.760. The van der Waals surface area contributed by atoms with Crippen LogP contribution in [-0.2, 0) is 0 Å². The van der Waals surface area contributed by atoms with E-state index in [2.05, 4.69) is 19.9 Å². The van der Waals surface area contributed by atoms with E-state index >= 15 is 0 Å². The Morgan fingerprint density at radius 3 is 2.15 bits per heavy atom. The minimum absolute atomic E-state index is 0.00288. The minimum Gasteiger partial charge on any atom is -0.464 e. The second kappa shape index (κ2) is 4.47. The van der Waals surface area contributed by atoms with E-state index in [1.54, 1.807) is 0 Å². The standard InChI is InChI=1S/C11H19NO/c1-4-9(5-2)11-7-6-10(13-11)8(3)12/h6-9H,4-5,12H2,1-3H3. The fourth-order valence-corrected chi connectivity index (χ4v) is 1.52. The highest BCUT2D eigenvalue weighted by Gasteiger charge is 2.12. The maximum absolute atomic E-state index is 5.72. The molecule has 13 heavy (non-hydrogen) atoms. The fraction of sp³-hybridized carbons (Fsp3) is 0.636. The molecule has 0 radical (unpaired) electrons. The second-order valence-corrected chi connectivity index (χ2v) is 3.54. The summed E-state index contributed by atoms with van der Waals surface area (Å²) >= 11 is 0. The van der Waals surface area contributed by atoms with E-state index in [4.69, 9.17) is 10.2 Å². The van der Waals surface area contributed by atoms with Gasteiger partial charge >= 0.3 is 0 Å². The molecule has 0 aliphatic heterocycles. The van der Waals surface area contributed by atoms with Gasteiger partial charge in [0.05, 0.1) is 6.04 Å². The van der Waals surface area contributed by atoms with Gasteiger partial charge in [0.2, 0.25) is 0 Å². The van der Waals surface area contributed by atoms with Crippen LogP contribution in [0.2, 0.25) is 0 Å². The number of nitrogens with two attached hydrogens (primary N) is 1. The maximum Gasteiger partial charge on any atom is 0.120 e. The summed E-state index contributed by atoms with van der Waals surface area (Å²) in [5.74, 6) is 2.52. The van der Waals surface area contributed by atoms with Crippen LogP contribution in [0.5, 0.6) is 0 Å². The Morgan fingerprint density at radius 1 is 1.23 bits per heavy atom. The lowest BCUT2D eigenvalue weighted by Gasteiger charge is -2.08. The van der Waals surface area contributed by atoms with Crippen molar-refractivity contribution in [1.29, 1.82) is 0 Å². The molecule has 0 aliphatic rings.